The first-order valence-electron chi connectivity index (χ1n) is 7.75. The van der Waals surface area contributed by atoms with E-state index in [0.29, 0.717) is 12.1 Å². The molecule has 112 valence electrons. The van der Waals surface area contributed by atoms with Crippen LogP contribution >= 0.6 is 11.3 Å². The Hall–Kier alpha value is -1.33. The van der Waals surface area contributed by atoms with Gasteiger partial charge in [-0.25, -0.2) is 4.68 Å². The number of hydrogen-bond acceptors (Lipinski definition) is 4. The number of rotatable bonds is 2. The first-order chi connectivity index (χ1) is 10.2. The molecule has 0 amide bonds. The summed E-state index contributed by atoms with van der Waals surface area (Å²) in [7, 11) is 0. The lowest BCUT2D eigenvalue weighted by molar-refractivity contribution is 0.0522. The highest BCUT2D eigenvalue weighted by Gasteiger charge is 2.32. The summed E-state index contributed by atoms with van der Waals surface area (Å²) in [6.45, 7) is 5.33. The normalized spacial score (nSPS) is 28.4. The maximum absolute atomic E-state index is 6.03. The van der Waals surface area contributed by atoms with Crippen LogP contribution in [0.3, 0.4) is 0 Å². The van der Waals surface area contributed by atoms with Crippen LogP contribution in [0.25, 0.3) is 0 Å². The van der Waals surface area contributed by atoms with Gasteiger partial charge >= 0.3 is 0 Å². The van der Waals surface area contributed by atoms with Gasteiger partial charge in [-0.2, -0.15) is 5.10 Å². The van der Waals surface area contributed by atoms with Crippen LogP contribution < -0.4 is 5.32 Å². The number of thiophene rings is 1. The quantitative estimate of drug-likeness (QED) is 0.914. The Morgan fingerprint density at radius 1 is 1.38 bits per heavy atom. The third-order valence-electron chi connectivity index (χ3n) is 4.60. The third-order valence-corrected chi connectivity index (χ3v) is 5.57. The van der Waals surface area contributed by atoms with Crippen LogP contribution in [0.15, 0.2) is 17.5 Å². The summed E-state index contributed by atoms with van der Waals surface area (Å²) in [5.41, 5.74) is 2.39. The smallest absolute Gasteiger partial charge is 0.128 e. The fraction of sp³-hybridized carbons (Fsp3) is 0.562. The second-order valence-corrected chi connectivity index (χ2v) is 7.04. The molecule has 21 heavy (non-hydrogen) atoms. The van der Waals surface area contributed by atoms with Crippen molar-refractivity contribution in [1.29, 1.82) is 0 Å². The molecule has 2 aliphatic heterocycles. The van der Waals surface area contributed by atoms with Gasteiger partial charge in [0.25, 0.3) is 0 Å². The molecule has 0 saturated carbocycles. The Bertz CT molecular complexity index is 634. The van der Waals surface area contributed by atoms with Crippen molar-refractivity contribution in [1.82, 2.24) is 9.78 Å². The molecule has 4 rings (SSSR count). The number of aromatic nitrogens is 2. The summed E-state index contributed by atoms with van der Waals surface area (Å²) in [6, 6.07) is 4.71. The average Bonchev–Trinajstić information content (AvgIpc) is 3.19. The minimum Gasteiger partial charge on any atom is -0.370 e. The molecule has 0 bridgehead atoms. The largest absolute Gasteiger partial charge is 0.370 e. The van der Waals surface area contributed by atoms with Crippen molar-refractivity contribution in [2.45, 2.75) is 51.4 Å². The van der Waals surface area contributed by atoms with Crippen molar-refractivity contribution in [3.63, 3.8) is 0 Å². The van der Waals surface area contributed by atoms with E-state index in [0.717, 1.165) is 31.5 Å². The molecule has 0 radical (unpaired) electrons. The van der Waals surface area contributed by atoms with E-state index in [2.05, 4.69) is 41.4 Å². The first-order valence-corrected chi connectivity index (χ1v) is 8.63. The Balaban J connectivity index is 1.73. The van der Waals surface area contributed by atoms with E-state index in [4.69, 9.17) is 9.84 Å². The van der Waals surface area contributed by atoms with Gasteiger partial charge in [0.2, 0.25) is 0 Å². The molecule has 4 nitrogen and oxygen atoms in total. The van der Waals surface area contributed by atoms with E-state index in [-0.39, 0.29) is 6.10 Å². The summed E-state index contributed by atoms with van der Waals surface area (Å²) in [5.74, 6) is 1.18. The van der Waals surface area contributed by atoms with E-state index in [1.165, 1.54) is 16.3 Å². The van der Waals surface area contributed by atoms with E-state index in [1.807, 2.05) is 11.3 Å². The first kappa shape index (κ1) is 13.3. The van der Waals surface area contributed by atoms with E-state index in [1.54, 1.807) is 0 Å². The summed E-state index contributed by atoms with van der Waals surface area (Å²) in [5, 5.41) is 10.6. The molecule has 0 aliphatic carbocycles. The maximum Gasteiger partial charge on any atom is 0.128 e. The minimum absolute atomic E-state index is 0.170. The summed E-state index contributed by atoms with van der Waals surface area (Å²) in [4.78, 5) is 1.40. The molecule has 5 heteroatoms. The molecule has 0 aromatic carbocycles. The lowest BCUT2D eigenvalue weighted by Crippen LogP contribution is -2.24. The zero-order valence-electron chi connectivity index (χ0n) is 12.5. The third kappa shape index (κ3) is 2.19. The van der Waals surface area contributed by atoms with Crippen LogP contribution in [-0.2, 0) is 4.74 Å². The highest BCUT2D eigenvalue weighted by molar-refractivity contribution is 7.10. The van der Waals surface area contributed by atoms with Gasteiger partial charge in [-0.15, -0.1) is 11.3 Å². The van der Waals surface area contributed by atoms with Gasteiger partial charge in [-0.1, -0.05) is 6.07 Å². The maximum atomic E-state index is 6.03. The van der Waals surface area contributed by atoms with Crippen molar-refractivity contribution >= 4 is 17.2 Å². The van der Waals surface area contributed by atoms with Crippen molar-refractivity contribution < 1.29 is 4.74 Å². The number of ether oxygens (including phenoxy) is 1. The van der Waals surface area contributed by atoms with Gasteiger partial charge in [0.1, 0.15) is 11.9 Å². The monoisotopic (exact) mass is 303 g/mol. The Morgan fingerprint density at radius 3 is 3.00 bits per heavy atom. The molecule has 0 spiro atoms. The van der Waals surface area contributed by atoms with Crippen LogP contribution in [0.5, 0.6) is 0 Å². The van der Waals surface area contributed by atoms with Crippen LogP contribution in [0.1, 0.15) is 54.5 Å². The van der Waals surface area contributed by atoms with Crippen LogP contribution in [0, 0.1) is 6.92 Å². The van der Waals surface area contributed by atoms with E-state index in [9.17, 15) is 0 Å². The number of hydrogen-bond donors (Lipinski definition) is 1. The Kier molecular flexibility index (Phi) is 3.27. The molecule has 2 aromatic rings. The molecular weight excluding hydrogens is 282 g/mol. The molecule has 3 unspecified atom stereocenters. The molecule has 4 heterocycles. The summed E-state index contributed by atoms with van der Waals surface area (Å²) in [6.07, 6.45) is 3.84. The Labute approximate surface area is 129 Å². The fourth-order valence-corrected chi connectivity index (χ4v) is 4.32. The number of fused-ring (bicyclic) bond motifs is 1. The minimum atomic E-state index is 0.170. The highest BCUT2D eigenvalue weighted by atomic mass is 32.1. The van der Waals surface area contributed by atoms with Crippen LogP contribution in [0.4, 0.5) is 5.82 Å². The lowest BCUT2D eigenvalue weighted by atomic mass is 10.1. The predicted molar refractivity (Wildman–Crippen MR) is 85.1 cm³/mol. The fourth-order valence-electron chi connectivity index (χ4n) is 3.48. The zero-order chi connectivity index (χ0) is 14.4. The zero-order valence-corrected chi connectivity index (χ0v) is 13.3. The number of nitrogens with one attached hydrogen (secondary N) is 1. The topological polar surface area (TPSA) is 39.1 Å². The van der Waals surface area contributed by atoms with E-state index < -0.39 is 0 Å². The number of anilines is 1. The molecule has 1 saturated heterocycles. The predicted octanol–water partition coefficient (Wildman–Crippen LogP) is 3.90. The average molecular weight is 303 g/mol. The molecule has 1 N–H and O–H groups in total. The summed E-state index contributed by atoms with van der Waals surface area (Å²) >= 11 is 1.82. The van der Waals surface area contributed by atoms with Crippen molar-refractivity contribution in [3.8, 4) is 0 Å². The van der Waals surface area contributed by atoms with Crippen molar-refractivity contribution in [2.75, 3.05) is 11.9 Å². The van der Waals surface area contributed by atoms with Crippen LogP contribution in [0.2, 0.25) is 0 Å². The number of nitrogens with zero attached hydrogens (tertiary/aromatic N) is 2. The van der Waals surface area contributed by atoms with Gasteiger partial charge < -0.3 is 10.1 Å². The van der Waals surface area contributed by atoms with Gasteiger partial charge in [-0.3, -0.25) is 0 Å². The van der Waals surface area contributed by atoms with Gasteiger partial charge in [0.15, 0.2) is 0 Å². The second-order valence-electron chi connectivity index (χ2n) is 6.06. The van der Waals surface area contributed by atoms with Crippen molar-refractivity contribution in [2.24, 2.45) is 0 Å². The molecule has 3 atom stereocenters. The van der Waals surface area contributed by atoms with Crippen molar-refractivity contribution in [3.05, 3.63) is 33.6 Å². The highest BCUT2D eigenvalue weighted by Crippen LogP contribution is 2.39. The molecule has 2 aromatic heterocycles. The lowest BCUT2D eigenvalue weighted by Gasteiger charge is -2.25. The van der Waals surface area contributed by atoms with Gasteiger partial charge in [-0.05, 0) is 44.6 Å². The second kappa shape index (κ2) is 5.14. The van der Waals surface area contributed by atoms with E-state index >= 15 is 0 Å². The summed E-state index contributed by atoms with van der Waals surface area (Å²) < 4.78 is 8.22. The SMILES string of the molecule is Cc1c(C2CCC(C)O2)nn2c1NCCC2c1cccs1. The molecule has 2 aliphatic rings. The molecule has 1 fully saturated rings. The standard InChI is InChI=1S/C16H21N3OS/c1-10-5-6-13(20-10)15-11(2)16-17-8-7-12(19(16)18-15)14-4-3-9-21-14/h3-4,9-10,12-13,17H,5-8H2,1-2H3. The Morgan fingerprint density at radius 2 is 2.29 bits per heavy atom. The van der Waals surface area contributed by atoms with Gasteiger partial charge in [0, 0.05) is 17.0 Å². The van der Waals surface area contributed by atoms with Crippen LogP contribution in [-0.4, -0.2) is 22.4 Å². The van der Waals surface area contributed by atoms with Gasteiger partial charge in [0.05, 0.1) is 17.8 Å². The molecular formula is C16H21N3OS.